The molecule has 0 spiro atoms. The maximum absolute atomic E-state index is 12.4. The first-order chi connectivity index (χ1) is 19.7. The van der Waals surface area contributed by atoms with Gasteiger partial charge in [0.1, 0.15) is 0 Å². The van der Waals surface area contributed by atoms with Crippen LogP contribution in [0.1, 0.15) is 80.0 Å². The van der Waals surface area contributed by atoms with E-state index >= 15 is 0 Å². The Balaban J connectivity index is 1.30. The number of piperidine rings is 1. The number of aliphatic hydroxyl groups excluding tert-OH is 1. The summed E-state index contributed by atoms with van der Waals surface area (Å²) in [6, 6.07) is 7.22. The molecule has 1 aliphatic carbocycles. The topological polar surface area (TPSA) is 123 Å². The molecule has 0 radical (unpaired) electrons. The Morgan fingerprint density at radius 1 is 0.976 bits per heavy atom. The zero-order chi connectivity index (χ0) is 29.1. The van der Waals surface area contributed by atoms with Gasteiger partial charge in [-0.2, -0.15) is 0 Å². The molecule has 10 heteroatoms. The van der Waals surface area contributed by atoms with E-state index < -0.39 is 5.91 Å². The highest BCUT2D eigenvalue weighted by atomic mass is 16.3. The molecule has 10 nitrogen and oxygen atoms in total. The van der Waals surface area contributed by atoms with Crippen molar-refractivity contribution in [2.24, 2.45) is 5.73 Å². The number of piperazine rings is 1. The van der Waals surface area contributed by atoms with Crippen LogP contribution in [0.4, 0.5) is 23.0 Å². The van der Waals surface area contributed by atoms with Gasteiger partial charge >= 0.3 is 0 Å². The Morgan fingerprint density at radius 2 is 1.66 bits per heavy atom. The standard InChI is InChI=1S/C31H48N8O2/c1-20(2)27-30(33-22-5-8-25(40)9-6-22)36-31(28(35-27)29(32)41)34-23-7-10-26(21(3)19-23)39-13-11-24(12-14-39)38-17-15-37(4)16-18-38/h7,10,19-20,22,24-25,40H,5-6,8-9,11-18H2,1-4H3,(H2,32,41)(H2,33,34,36)/t22-,25-. The normalized spacial score (nSPS) is 23.1. The first-order valence-electron chi connectivity index (χ1n) is 15.4. The van der Waals surface area contributed by atoms with Crippen LogP contribution in [0.15, 0.2) is 18.2 Å². The lowest BCUT2D eigenvalue weighted by atomic mass is 9.93. The van der Waals surface area contributed by atoms with Crippen LogP contribution in [-0.4, -0.2) is 95.3 Å². The number of carbonyl (C=O) groups is 1. The van der Waals surface area contributed by atoms with Gasteiger partial charge in [0.2, 0.25) is 0 Å². The Bertz CT molecular complexity index is 1200. The number of hydrogen-bond acceptors (Lipinski definition) is 9. The van der Waals surface area contributed by atoms with E-state index in [0.29, 0.717) is 17.7 Å². The zero-order valence-electron chi connectivity index (χ0n) is 25.2. The van der Waals surface area contributed by atoms with E-state index in [2.05, 4.69) is 56.4 Å². The molecule has 1 aromatic heterocycles. The number of nitrogens with two attached hydrogens (primary N) is 1. The molecule has 0 bridgehead atoms. The summed E-state index contributed by atoms with van der Waals surface area (Å²) in [5.41, 5.74) is 9.92. The van der Waals surface area contributed by atoms with Crippen molar-refractivity contribution in [3.05, 3.63) is 35.2 Å². The van der Waals surface area contributed by atoms with Crippen LogP contribution in [0.3, 0.4) is 0 Å². The number of likely N-dealkylation sites (N-methyl/N-ethyl adjacent to an activating group) is 1. The minimum atomic E-state index is -0.606. The lowest BCUT2D eigenvalue weighted by Gasteiger charge is -2.43. The highest BCUT2D eigenvalue weighted by Crippen LogP contribution is 2.32. The van der Waals surface area contributed by atoms with Crippen LogP contribution in [-0.2, 0) is 0 Å². The molecule has 3 fully saturated rings. The summed E-state index contributed by atoms with van der Waals surface area (Å²) < 4.78 is 0. The molecule has 0 atom stereocenters. The number of nitrogens with zero attached hydrogens (tertiary/aromatic N) is 5. The maximum Gasteiger partial charge on any atom is 0.271 e. The Hall–Kier alpha value is -2.95. The average Bonchev–Trinajstić information content (AvgIpc) is 2.95. The van der Waals surface area contributed by atoms with E-state index in [1.807, 2.05) is 19.9 Å². The molecule has 1 saturated carbocycles. The van der Waals surface area contributed by atoms with Crippen molar-refractivity contribution in [1.82, 2.24) is 19.8 Å². The summed E-state index contributed by atoms with van der Waals surface area (Å²) in [4.78, 5) is 29.6. The van der Waals surface area contributed by atoms with Crippen LogP contribution in [0, 0.1) is 6.92 Å². The summed E-state index contributed by atoms with van der Waals surface area (Å²) in [5.74, 6) is 0.491. The summed E-state index contributed by atoms with van der Waals surface area (Å²) in [5, 5.41) is 16.8. The second-order valence-corrected chi connectivity index (χ2v) is 12.5. The number of aryl methyl sites for hydroxylation is 1. The van der Waals surface area contributed by atoms with Gasteiger partial charge < -0.3 is 31.3 Å². The third-order valence-corrected chi connectivity index (χ3v) is 9.06. The van der Waals surface area contributed by atoms with E-state index in [4.69, 9.17) is 10.7 Å². The summed E-state index contributed by atoms with van der Waals surface area (Å²) >= 11 is 0. The van der Waals surface area contributed by atoms with Gasteiger partial charge in [-0.05, 0) is 82.2 Å². The number of hydrogen-bond donors (Lipinski definition) is 4. The number of nitrogens with one attached hydrogen (secondary N) is 2. The number of aromatic nitrogens is 2. The fourth-order valence-electron chi connectivity index (χ4n) is 6.51. The second kappa shape index (κ2) is 12.9. The van der Waals surface area contributed by atoms with Gasteiger partial charge in [-0.15, -0.1) is 0 Å². The third kappa shape index (κ3) is 7.10. The van der Waals surface area contributed by atoms with Gasteiger partial charge in [0.25, 0.3) is 5.91 Å². The SMILES string of the molecule is Cc1cc(Nc2nc(N[C@H]3CC[C@H](O)CC3)c(C(C)C)nc2C(N)=O)ccc1N1CCC(N2CCN(C)CC2)CC1. The zero-order valence-corrected chi connectivity index (χ0v) is 25.2. The first-order valence-corrected chi connectivity index (χ1v) is 15.4. The Kier molecular flexibility index (Phi) is 9.31. The fraction of sp³-hybridized carbons (Fsp3) is 0.645. The average molecular weight is 565 g/mol. The molecule has 5 rings (SSSR count). The van der Waals surface area contributed by atoms with Crippen molar-refractivity contribution < 1.29 is 9.90 Å². The molecule has 1 aromatic carbocycles. The number of amides is 1. The molecular formula is C31H48N8O2. The van der Waals surface area contributed by atoms with Crippen molar-refractivity contribution in [1.29, 1.82) is 0 Å². The molecule has 0 unspecified atom stereocenters. The molecule has 3 heterocycles. The van der Waals surface area contributed by atoms with Crippen molar-refractivity contribution >= 4 is 28.9 Å². The van der Waals surface area contributed by atoms with Crippen molar-refractivity contribution in [3.63, 3.8) is 0 Å². The number of rotatable bonds is 8. The van der Waals surface area contributed by atoms with Crippen LogP contribution >= 0.6 is 0 Å². The lowest BCUT2D eigenvalue weighted by Crippen LogP contribution is -2.52. The number of anilines is 4. The molecule has 3 aliphatic rings. The molecular weight excluding hydrogens is 516 g/mol. The number of primary amides is 1. The lowest BCUT2D eigenvalue weighted by molar-refractivity contribution is 0.0982. The molecule has 2 saturated heterocycles. The van der Waals surface area contributed by atoms with Gasteiger partial charge in [-0.1, -0.05) is 13.8 Å². The van der Waals surface area contributed by atoms with Crippen LogP contribution in [0.25, 0.3) is 0 Å². The van der Waals surface area contributed by atoms with E-state index in [1.165, 1.54) is 37.2 Å². The maximum atomic E-state index is 12.4. The smallest absolute Gasteiger partial charge is 0.271 e. The van der Waals surface area contributed by atoms with E-state index in [1.54, 1.807) is 0 Å². The number of carbonyl (C=O) groups excluding carboxylic acids is 1. The summed E-state index contributed by atoms with van der Waals surface area (Å²) in [7, 11) is 2.21. The van der Waals surface area contributed by atoms with Gasteiger partial charge in [0.05, 0.1) is 11.8 Å². The quantitative estimate of drug-likeness (QED) is 0.380. The van der Waals surface area contributed by atoms with Gasteiger partial charge in [0.15, 0.2) is 17.3 Å². The molecule has 41 heavy (non-hydrogen) atoms. The third-order valence-electron chi connectivity index (χ3n) is 9.06. The van der Waals surface area contributed by atoms with Crippen LogP contribution in [0.2, 0.25) is 0 Å². The molecule has 1 amide bonds. The molecule has 5 N–H and O–H groups in total. The minimum Gasteiger partial charge on any atom is -0.393 e. The molecule has 224 valence electrons. The summed E-state index contributed by atoms with van der Waals surface area (Å²) in [6.45, 7) is 13.0. The van der Waals surface area contributed by atoms with Crippen molar-refractivity contribution in [3.8, 4) is 0 Å². The number of benzene rings is 1. The highest BCUT2D eigenvalue weighted by molar-refractivity contribution is 5.96. The van der Waals surface area contributed by atoms with Crippen molar-refractivity contribution in [2.45, 2.75) is 83.4 Å². The predicted octanol–water partition coefficient (Wildman–Crippen LogP) is 3.68. The monoisotopic (exact) mass is 564 g/mol. The largest absolute Gasteiger partial charge is 0.393 e. The minimum absolute atomic E-state index is 0.0632. The molecule has 2 aliphatic heterocycles. The van der Waals surface area contributed by atoms with E-state index in [-0.39, 0.29) is 23.8 Å². The van der Waals surface area contributed by atoms with Gasteiger partial charge in [-0.25, -0.2) is 9.97 Å². The van der Waals surface area contributed by atoms with E-state index in [0.717, 1.165) is 63.2 Å². The first kappa shape index (κ1) is 29.5. The van der Waals surface area contributed by atoms with E-state index in [9.17, 15) is 9.90 Å². The predicted molar refractivity (Wildman–Crippen MR) is 165 cm³/mol. The van der Waals surface area contributed by atoms with Crippen molar-refractivity contribution in [2.75, 3.05) is 61.8 Å². The summed E-state index contributed by atoms with van der Waals surface area (Å²) in [6.07, 6.45) is 5.43. The van der Waals surface area contributed by atoms with Gasteiger partial charge in [0, 0.05) is 62.7 Å². The van der Waals surface area contributed by atoms with Crippen LogP contribution < -0.4 is 21.3 Å². The second-order valence-electron chi connectivity index (χ2n) is 12.5. The Labute approximate surface area is 244 Å². The number of aliphatic hydroxyl groups is 1. The van der Waals surface area contributed by atoms with Crippen LogP contribution in [0.5, 0.6) is 0 Å². The highest BCUT2D eigenvalue weighted by Gasteiger charge is 2.28. The van der Waals surface area contributed by atoms with Gasteiger partial charge in [-0.3, -0.25) is 9.69 Å². The molecule has 2 aromatic rings. The Morgan fingerprint density at radius 3 is 2.27 bits per heavy atom. The fourth-order valence-corrected chi connectivity index (χ4v) is 6.51.